The van der Waals surface area contributed by atoms with Gasteiger partial charge in [-0.1, -0.05) is 60.5 Å². The van der Waals surface area contributed by atoms with Crippen molar-refractivity contribution in [3.8, 4) is 0 Å². The Labute approximate surface area is 284 Å². The number of anilines is 2. The number of esters is 1. The summed E-state index contributed by atoms with van der Waals surface area (Å²) in [4.78, 5) is 48.1. The molecule has 10 nitrogen and oxygen atoms in total. The van der Waals surface area contributed by atoms with Crippen LogP contribution in [-0.2, 0) is 20.9 Å². The minimum Gasteiger partial charge on any atom is -0.479 e. The minimum absolute atomic E-state index is 0.193. The monoisotopic (exact) mass is 683 g/mol. The molecule has 0 fully saturated rings. The number of carboxylic acids is 1. The minimum atomic E-state index is -1.69. The topological polar surface area (TPSA) is 145 Å². The van der Waals surface area contributed by atoms with Gasteiger partial charge in [-0.2, -0.15) is 0 Å². The van der Waals surface area contributed by atoms with Crippen molar-refractivity contribution in [2.45, 2.75) is 58.6 Å². The van der Waals surface area contributed by atoms with E-state index in [0.29, 0.717) is 28.0 Å². The molecule has 12 heteroatoms. The fourth-order valence-corrected chi connectivity index (χ4v) is 5.15. The third kappa shape index (κ3) is 12.4. The Hall–Kier alpha value is -4.38. The summed E-state index contributed by atoms with van der Waals surface area (Å²) in [5.74, 6) is -2.13. The van der Waals surface area contributed by atoms with E-state index in [-0.39, 0.29) is 18.1 Å². The van der Waals surface area contributed by atoms with E-state index in [1.807, 2.05) is 31.2 Å². The van der Waals surface area contributed by atoms with E-state index >= 15 is 0 Å². The molecule has 0 spiro atoms. The Bertz CT molecular complexity index is 1540. The van der Waals surface area contributed by atoms with Gasteiger partial charge in [-0.05, 0) is 91.3 Å². The van der Waals surface area contributed by atoms with Crippen molar-refractivity contribution < 1.29 is 34.1 Å². The number of carbonyl (C=O) groups excluding carboxylic acids is 3. The highest BCUT2D eigenvalue weighted by Crippen LogP contribution is 2.29. The van der Waals surface area contributed by atoms with Crippen LogP contribution in [0, 0.1) is 0 Å². The van der Waals surface area contributed by atoms with Gasteiger partial charge in [-0.25, -0.2) is 9.59 Å². The second-order valence-corrected chi connectivity index (χ2v) is 11.7. The van der Waals surface area contributed by atoms with Crippen LogP contribution in [0.5, 0.6) is 0 Å². The highest BCUT2D eigenvalue weighted by molar-refractivity contribution is 6.35. The van der Waals surface area contributed by atoms with E-state index in [4.69, 9.17) is 28.3 Å². The lowest BCUT2D eigenvalue weighted by Gasteiger charge is -2.24. The molecule has 3 amide bonds. The largest absolute Gasteiger partial charge is 0.479 e. The maximum atomic E-state index is 13.5. The Morgan fingerprint density at radius 3 is 2.15 bits per heavy atom. The quantitative estimate of drug-likeness (QED) is 0.155. The SMILES string of the molecule is CCCOC(C)=O.O=C(NCC(O)C(=O)O)c1ccc(CN(C(=O)Nc2cc(Cl)cc(Cl)c2)c2ccc(C3=CCCCC3)cc2)cc1. The number of aliphatic hydroxyl groups excluding tert-OH is 1. The molecule has 4 rings (SSSR count). The van der Waals surface area contributed by atoms with Crippen molar-refractivity contribution in [2.24, 2.45) is 0 Å². The number of aliphatic carboxylic acids is 1. The number of rotatable bonds is 11. The maximum Gasteiger partial charge on any atom is 0.334 e. The van der Waals surface area contributed by atoms with Crippen molar-refractivity contribution in [3.63, 3.8) is 0 Å². The molecular weight excluding hydrogens is 645 g/mol. The van der Waals surface area contributed by atoms with Crippen LogP contribution in [-0.4, -0.2) is 53.3 Å². The molecular formula is C35H39Cl2N3O7. The van der Waals surface area contributed by atoms with Gasteiger partial charge in [0.25, 0.3) is 5.91 Å². The Morgan fingerprint density at radius 1 is 0.957 bits per heavy atom. The number of hydrogen-bond donors (Lipinski definition) is 4. The first kappa shape index (κ1) is 37.1. The zero-order valence-electron chi connectivity index (χ0n) is 26.3. The third-order valence-electron chi connectivity index (χ3n) is 7.01. The average Bonchev–Trinajstić information content (AvgIpc) is 3.05. The molecule has 0 radical (unpaired) electrons. The van der Waals surface area contributed by atoms with E-state index in [1.165, 1.54) is 25.3 Å². The number of urea groups is 1. The number of carbonyl (C=O) groups is 4. The van der Waals surface area contributed by atoms with Gasteiger partial charge in [0.15, 0.2) is 6.10 Å². The Morgan fingerprint density at radius 2 is 1.62 bits per heavy atom. The van der Waals surface area contributed by atoms with Crippen molar-refractivity contribution in [1.29, 1.82) is 0 Å². The van der Waals surface area contributed by atoms with Crippen LogP contribution in [0.1, 0.15) is 67.4 Å². The van der Waals surface area contributed by atoms with Crippen LogP contribution in [0.15, 0.2) is 72.8 Å². The van der Waals surface area contributed by atoms with Crippen molar-refractivity contribution >= 4 is 64.0 Å². The van der Waals surface area contributed by atoms with Crippen LogP contribution in [0.25, 0.3) is 5.57 Å². The number of amides is 3. The van der Waals surface area contributed by atoms with Gasteiger partial charge < -0.3 is 25.6 Å². The van der Waals surface area contributed by atoms with E-state index in [2.05, 4.69) is 21.4 Å². The molecule has 4 N–H and O–H groups in total. The normalized spacial score (nSPS) is 12.8. The summed E-state index contributed by atoms with van der Waals surface area (Å²) in [5.41, 5.74) is 4.61. The van der Waals surface area contributed by atoms with Gasteiger partial charge in [0.2, 0.25) is 0 Å². The molecule has 3 aromatic rings. The first-order chi connectivity index (χ1) is 22.5. The lowest BCUT2D eigenvalue weighted by molar-refractivity contribution is -0.146. The fraction of sp³-hybridized carbons (Fsp3) is 0.314. The molecule has 1 aliphatic rings. The summed E-state index contributed by atoms with van der Waals surface area (Å²) >= 11 is 12.2. The van der Waals surface area contributed by atoms with Crippen LogP contribution < -0.4 is 15.5 Å². The van der Waals surface area contributed by atoms with Gasteiger partial charge in [-0.3, -0.25) is 14.5 Å². The number of hydrogen-bond acceptors (Lipinski definition) is 6. The zero-order chi connectivity index (χ0) is 34.3. The number of halogens is 2. The maximum absolute atomic E-state index is 13.5. The highest BCUT2D eigenvalue weighted by Gasteiger charge is 2.19. The van der Waals surface area contributed by atoms with Crippen LogP contribution in [0.4, 0.5) is 16.2 Å². The predicted molar refractivity (Wildman–Crippen MR) is 184 cm³/mol. The molecule has 3 aromatic carbocycles. The number of allylic oxidation sites excluding steroid dienone is 2. The lowest BCUT2D eigenvalue weighted by Crippen LogP contribution is -2.36. The smallest absolute Gasteiger partial charge is 0.334 e. The summed E-state index contributed by atoms with van der Waals surface area (Å²) in [7, 11) is 0. The number of aliphatic hydroxyl groups is 1. The Kier molecular flexibility index (Phi) is 14.7. The zero-order valence-corrected chi connectivity index (χ0v) is 27.8. The third-order valence-corrected chi connectivity index (χ3v) is 7.44. The summed E-state index contributed by atoms with van der Waals surface area (Å²) < 4.78 is 4.55. The lowest BCUT2D eigenvalue weighted by atomic mass is 9.93. The molecule has 1 atom stereocenters. The molecule has 250 valence electrons. The number of ether oxygens (including phenoxy) is 1. The molecule has 0 saturated heterocycles. The highest BCUT2D eigenvalue weighted by atomic mass is 35.5. The molecule has 0 aliphatic heterocycles. The number of nitrogens with one attached hydrogen (secondary N) is 2. The number of carboxylic acid groups (broad SMARTS) is 1. The van der Waals surface area contributed by atoms with Crippen LogP contribution in [0.2, 0.25) is 10.0 Å². The van der Waals surface area contributed by atoms with Crippen LogP contribution in [0.3, 0.4) is 0 Å². The van der Waals surface area contributed by atoms with Gasteiger partial charge in [0, 0.05) is 33.9 Å². The van der Waals surface area contributed by atoms with Gasteiger partial charge in [0.05, 0.1) is 19.7 Å². The summed E-state index contributed by atoms with van der Waals surface area (Å²) in [6.45, 7) is 3.71. The fourth-order valence-electron chi connectivity index (χ4n) is 4.62. The van der Waals surface area contributed by atoms with Gasteiger partial charge >= 0.3 is 18.0 Å². The molecule has 1 unspecified atom stereocenters. The second-order valence-electron chi connectivity index (χ2n) is 10.8. The number of benzene rings is 3. The standard InChI is InChI=1S/C30H29Cl2N3O5.C5H10O2/c31-23-14-24(32)16-25(15-23)34-30(40)35(26-12-10-21(11-13-26)20-4-2-1-3-5-20)18-19-6-8-22(9-7-19)28(37)33-17-27(36)29(38)39;1-3-4-7-5(2)6/h4,6-16,27,36H,1-3,5,17-18H2,(H,33,37)(H,34,40)(H,38,39);3-4H2,1-2H3. The van der Waals surface area contributed by atoms with E-state index in [1.54, 1.807) is 47.4 Å². The Balaban J connectivity index is 0.000000771. The number of nitrogens with zero attached hydrogens (tertiary/aromatic N) is 1. The average molecular weight is 685 g/mol. The van der Waals surface area contributed by atoms with Crippen LogP contribution >= 0.6 is 23.2 Å². The second kappa shape index (κ2) is 18.7. The molecule has 0 aromatic heterocycles. The summed E-state index contributed by atoms with van der Waals surface area (Å²) in [6.07, 6.45) is 5.96. The van der Waals surface area contributed by atoms with Gasteiger partial charge in [0.1, 0.15) is 0 Å². The molecule has 1 aliphatic carbocycles. The molecule has 0 heterocycles. The molecule has 47 heavy (non-hydrogen) atoms. The first-order valence-corrected chi connectivity index (χ1v) is 16.0. The van der Waals surface area contributed by atoms with Crippen molar-refractivity contribution in [3.05, 3.63) is 99.5 Å². The first-order valence-electron chi connectivity index (χ1n) is 15.2. The summed E-state index contributed by atoms with van der Waals surface area (Å²) in [5, 5.41) is 24.2. The van der Waals surface area contributed by atoms with Crippen molar-refractivity contribution in [2.75, 3.05) is 23.4 Å². The van der Waals surface area contributed by atoms with E-state index in [0.717, 1.165) is 30.4 Å². The van der Waals surface area contributed by atoms with Gasteiger partial charge in [-0.15, -0.1) is 0 Å². The van der Waals surface area contributed by atoms with Crippen molar-refractivity contribution in [1.82, 2.24) is 5.32 Å². The molecule has 0 saturated carbocycles. The molecule has 0 bridgehead atoms. The van der Waals surface area contributed by atoms with E-state index < -0.39 is 30.6 Å². The van der Waals surface area contributed by atoms with E-state index in [9.17, 15) is 24.3 Å². The summed E-state index contributed by atoms with van der Waals surface area (Å²) in [6, 6.07) is 18.8. The predicted octanol–water partition coefficient (Wildman–Crippen LogP) is 7.32.